The van der Waals surface area contributed by atoms with Gasteiger partial charge in [-0.2, -0.15) is 9.61 Å². The van der Waals surface area contributed by atoms with Crippen molar-refractivity contribution >= 4 is 17.5 Å². The van der Waals surface area contributed by atoms with E-state index in [1.165, 1.54) is 4.52 Å². The largest absolute Gasteiger partial charge is 0.376 e. The second-order valence-corrected chi connectivity index (χ2v) is 9.93. The zero-order valence-corrected chi connectivity index (χ0v) is 18.3. The number of hydrogen-bond acceptors (Lipinski definition) is 5. The van der Waals surface area contributed by atoms with Crippen LogP contribution in [0.15, 0.2) is 10.9 Å². The highest BCUT2D eigenvalue weighted by Gasteiger charge is 2.37. The van der Waals surface area contributed by atoms with E-state index in [-0.39, 0.29) is 48.0 Å². The third-order valence-electron chi connectivity index (χ3n) is 6.27. The Morgan fingerprint density at radius 3 is 2.68 bits per heavy atom. The summed E-state index contributed by atoms with van der Waals surface area (Å²) in [4.78, 5) is 41.0. The molecule has 2 aliphatic heterocycles. The molecule has 1 unspecified atom stereocenters. The van der Waals surface area contributed by atoms with Crippen LogP contribution in [0.4, 0.5) is 0 Å². The number of amides is 2. The quantitative estimate of drug-likeness (QED) is 0.773. The molecule has 2 aromatic heterocycles. The second kappa shape index (κ2) is 7.19. The molecular weight excluding hydrogens is 398 g/mol. The van der Waals surface area contributed by atoms with Gasteiger partial charge in [0.05, 0.1) is 23.9 Å². The molecule has 2 fully saturated rings. The van der Waals surface area contributed by atoms with Crippen molar-refractivity contribution in [3.63, 3.8) is 0 Å². The van der Waals surface area contributed by atoms with Gasteiger partial charge in [0.1, 0.15) is 17.9 Å². The lowest BCUT2D eigenvalue weighted by atomic mass is 9.93. The molecular formula is C22H29N5O4. The van der Waals surface area contributed by atoms with Crippen LogP contribution in [0.25, 0.3) is 5.65 Å². The Bertz CT molecular complexity index is 1120. The second-order valence-electron chi connectivity index (χ2n) is 9.93. The first-order valence-corrected chi connectivity index (χ1v) is 11.1. The number of carbonyl (C=O) groups is 2. The summed E-state index contributed by atoms with van der Waals surface area (Å²) in [7, 11) is 0. The Morgan fingerprint density at radius 2 is 2.03 bits per heavy atom. The van der Waals surface area contributed by atoms with E-state index in [1.54, 1.807) is 9.47 Å². The molecule has 1 saturated heterocycles. The van der Waals surface area contributed by atoms with Crippen LogP contribution in [-0.4, -0.2) is 56.2 Å². The molecule has 0 radical (unpaired) electrons. The van der Waals surface area contributed by atoms with Gasteiger partial charge in [-0.3, -0.25) is 14.4 Å². The summed E-state index contributed by atoms with van der Waals surface area (Å²) >= 11 is 0. The lowest BCUT2D eigenvalue weighted by Crippen LogP contribution is -2.35. The summed E-state index contributed by atoms with van der Waals surface area (Å²) < 4.78 is 8.72. The van der Waals surface area contributed by atoms with Crippen LogP contribution in [-0.2, 0) is 28.0 Å². The van der Waals surface area contributed by atoms with Crippen molar-refractivity contribution in [1.29, 1.82) is 0 Å². The predicted molar refractivity (Wildman–Crippen MR) is 113 cm³/mol. The van der Waals surface area contributed by atoms with Crippen LogP contribution in [0.5, 0.6) is 0 Å². The number of ether oxygens (including phenoxy) is 1. The van der Waals surface area contributed by atoms with Crippen LogP contribution in [0, 0.1) is 0 Å². The van der Waals surface area contributed by atoms with Crippen molar-refractivity contribution in [1.82, 2.24) is 24.4 Å². The maximum atomic E-state index is 13.4. The topological polar surface area (TPSA) is 97.9 Å². The van der Waals surface area contributed by atoms with Gasteiger partial charge in [0, 0.05) is 30.7 Å². The van der Waals surface area contributed by atoms with Crippen LogP contribution < -0.4 is 10.9 Å². The minimum atomic E-state index is -0.289. The van der Waals surface area contributed by atoms with E-state index in [9.17, 15) is 14.4 Å². The standard InChI is InChI=1S/C22H29N5O4/c1-22(2,3)16-9-18-26(12-17(28)23-13-6-7-13)19-15(20(29)27(18)24-16)11-25(21(19)30)10-14-5-4-8-31-14/h9,13-14H,4-8,10-12H2,1-3H3,(H,23,28). The van der Waals surface area contributed by atoms with E-state index in [0.717, 1.165) is 31.4 Å². The van der Waals surface area contributed by atoms with Gasteiger partial charge >= 0.3 is 0 Å². The van der Waals surface area contributed by atoms with E-state index < -0.39 is 0 Å². The SMILES string of the molecule is CC(C)(C)c1cc2n(CC(=O)NC3CC3)c3c(c(=O)n2n1)CN(CC1CCCO1)C3=O. The van der Waals surface area contributed by atoms with E-state index >= 15 is 0 Å². The number of nitrogens with zero attached hydrogens (tertiary/aromatic N) is 4. The molecule has 9 heteroatoms. The average molecular weight is 428 g/mol. The highest BCUT2D eigenvalue weighted by atomic mass is 16.5. The van der Waals surface area contributed by atoms with Crippen LogP contribution >= 0.6 is 0 Å². The summed E-state index contributed by atoms with van der Waals surface area (Å²) in [6, 6.07) is 2.04. The summed E-state index contributed by atoms with van der Waals surface area (Å²) in [5.41, 5.74) is 1.37. The molecule has 0 bridgehead atoms. The third-order valence-corrected chi connectivity index (χ3v) is 6.27. The number of rotatable bonds is 5. The molecule has 2 amide bonds. The molecule has 0 aromatic carbocycles. The number of aromatic nitrogens is 3. The highest BCUT2D eigenvalue weighted by molar-refractivity contribution is 5.97. The van der Waals surface area contributed by atoms with Gasteiger partial charge in [-0.25, -0.2) is 0 Å². The maximum Gasteiger partial charge on any atom is 0.280 e. The molecule has 3 aliphatic rings. The summed E-state index contributed by atoms with van der Waals surface area (Å²) in [5.74, 6) is -0.373. The molecule has 9 nitrogen and oxygen atoms in total. The molecule has 4 heterocycles. The molecule has 5 rings (SSSR count). The fraction of sp³-hybridized carbons (Fsp3) is 0.636. The lowest BCUT2D eigenvalue weighted by molar-refractivity contribution is -0.121. The lowest BCUT2D eigenvalue weighted by Gasteiger charge is -2.19. The van der Waals surface area contributed by atoms with Gasteiger partial charge in [0.25, 0.3) is 11.5 Å². The zero-order chi connectivity index (χ0) is 21.9. The molecule has 2 aromatic rings. The maximum absolute atomic E-state index is 13.4. The van der Waals surface area contributed by atoms with E-state index in [0.29, 0.717) is 30.1 Å². The first-order chi connectivity index (χ1) is 14.7. The fourth-order valence-corrected chi connectivity index (χ4v) is 4.37. The molecule has 1 atom stereocenters. The Labute approximate surface area is 180 Å². The van der Waals surface area contributed by atoms with Crippen molar-refractivity contribution < 1.29 is 14.3 Å². The number of fused-ring (bicyclic) bond motifs is 2. The molecule has 1 N–H and O–H groups in total. The van der Waals surface area contributed by atoms with Crippen molar-refractivity contribution in [2.75, 3.05) is 13.2 Å². The van der Waals surface area contributed by atoms with Crippen LogP contribution in [0.2, 0.25) is 0 Å². The molecule has 0 spiro atoms. The predicted octanol–water partition coefficient (Wildman–Crippen LogP) is 1.21. The van der Waals surface area contributed by atoms with Crippen molar-refractivity contribution in [2.45, 2.75) is 77.1 Å². The van der Waals surface area contributed by atoms with Gasteiger partial charge in [-0.05, 0) is 25.7 Å². The van der Waals surface area contributed by atoms with Crippen molar-refractivity contribution in [3.05, 3.63) is 33.4 Å². The van der Waals surface area contributed by atoms with Gasteiger partial charge in [-0.15, -0.1) is 0 Å². The monoisotopic (exact) mass is 427 g/mol. The third kappa shape index (κ3) is 3.64. The smallest absolute Gasteiger partial charge is 0.280 e. The van der Waals surface area contributed by atoms with E-state index in [4.69, 9.17) is 4.74 Å². The van der Waals surface area contributed by atoms with Gasteiger partial charge in [0.15, 0.2) is 0 Å². The molecule has 1 saturated carbocycles. The Morgan fingerprint density at radius 1 is 1.26 bits per heavy atom. The van der Waals surface area contributed by atoms with Gasteiger partial charge in [0.2, 0.25) is 5.91 Å². The summed E-state index contributed by atoms with van der Waals surface area (Å²) in [6.45, 7) is 7.42. The van der Waals surface area contributed by atoms with Crippen molar-refractivity contribution in [2.24, 2.45) is 0 Å². The first-order valence-electron chi connectivity index (χ1n) is 11.1. The minimum Gasteiger partial charge on any atom is -0.376 e. The molecule has 1 aliphatic carbocycles. The first kappa shape index (κ1) is 20.2. The van der Waals surface area contributed by atoms with Gasteiger partial charge in [-0.1, -0.05) is 20.8 Å². The van der Waals surface area contributed by atoms with Crippen molar-refractivity contribution in [3.8, 4) is 0 Å². The molecule has 166 valence electrons. The fourth-order valence-electron chi connectivity index (χ4n) is 4.37. The normalized spacial score (nSPS) is 21.2. The number of nitrogens with one attached hydrogen (secondary N) is 1. The summed E-state index contributed by atoms with van der Waals surface area (Å²) in [6.07, 6.45) is 3.86. The average Bonchev–Trinajstić information content (AvgIpc) is 3.10. The Hall–Kier alpha value is -2.68. The summed E-state index contributed by atoms with van der Waals surface area (Å²) in [5, 5.41) is 7.53. The Kier molecular flexibility index (Phi) is 4.69. The molecule has 31 heavy (non-hydrogen) atoms. The number of hydrogen-bond donors (Lipinski definition) is 1. The zero-order valence-electron chi connectivity index (χ0n) is 18.3. The van der Waals surface area contributed by atoms with Crippen LogP contribution in [0.3, 0.4) is 0 Å². The van der Waals surface area contributed by atoms with Crippen LogP contribution in [0.1, 0.15) is 68.2 Å². The highest BCUT2D eigenvalue weighted by Crippen LogP contribution is 2.27. The van der Waals surface area contributed by atoms with Gasteiger partial charge < -0.3 is 19.5 Å². The Balaban J connectivity index is 1.59. The van der Waals surface area contributed by atoms with E-state index in [2.05, 4.69) is 10.4 Å². The number of carbonyl (C=O) groups excluding carboxylic acids is 2. The van der Waals surface area contributed by atoms with E-state index in [1.807, 2.05) is 26.8 Å². The minimum absolute atomic E-state index is 0.00319.